The van der Waals surface area contributed by atoms with Crippen LogP contribution in [0.5, 0.6) is 0 Å². The lowest BCUT2D eigenvalue weighted by molar-refractivity contribution is -0.308. The second-order valence-electron chi connectivity index (χ2n) is 14.7. The molecule has 0 aliphatic heterocycles. The lowest BCUT2D eigenvalue weighted by Crippen LogP contribution is -2.51. The molecule has 0 radical (unpaired) electrons. The molecule has 0 fully saturated rings. The van der Waals surface area contributed by atoms with Crippen molar-refractivity contribution in [2.45, 2.75) is 71.1 Å². The van der Waals surface area contributed by atoms with E-state index in [9.17, 15) is 42.5 Å². The standard InChI is InChI=1S/C41H53N5O10PS/c1-28(2)22-32(38(47)44-36(40(49)50)24-31-25-43-34-19-11-10-18-33(31)34)27-57(52,53)37(23-29-14-6-4-7-15-29)45-39(48)35(46-58(3,54)55)20-12-13-21-42-41(51)56-26-30-16-8-5-9-17-30/h4-11,14-19,25,28,32,35-36,43,46H,12-13,20-24,26-27H2,1-3H3,(H5-,42,44,45,47,48,49,50,51,52,53)/q-1/p-1/t32?,35-,36-/m0/s1. The summed E-state index contributed by atoms with van der Waals surface area (Å²) < 4.78 is 32.2. The van der Waals surface area contributed by atoms with Crippen molar-refractivity contribution in [3.8, 4) is 0 Å². The molecule has 0 saturated heterocycles. The molecule has 0 spiro atoms. The number of hydrogen-bond donors (Lipinski definition) is 6. The molecule has 0 aliphatic carbocycles. The minimum atomic E-state index is -4.59. The van der Waals surface area contributed by atoms with Crippen LogP contribution in [0.1, 0.15) is 56.2 Å². The maximum atomic E-state index is 14.4. The van der Waals surface area contributed by atoms with Gasteiger partial charge >= 0.3 is 6.09 Å². The number of amides is 3. The van der Waals surface area contributed by atoms with Gasteiger partial charge in [-0.2, -0.15) is 0 Å². The summed E-state index contributed by atoms with van der Waals surface area (Å²) in [5.41, 5.74) is 2.48. The zero-order chi connectivity index (χ0) is 42.3. The Morgan fingerprint density at radius 2 is 1.52 bits per heavy atom. The largest absolute Gasteiger partial charge is 0.808 e. The Morgan fingerprint density at radius 1 is 0.879 bits per heavy atom. The lowest BCUT2D eigenvalue weighted by atomic mass is 9.97. The van der Waals surface area contributed by atoms with E-state index in [4.69, 9.17) is 4.74 Å². The number of aliphatic carboxylic acids is 1. The third-order valence-electron chi connectivity index (χ3n) is 9.27. The highest BCUT2D eigenvalue weighted by Crippen LogP contribution is 2.39. The van der Waals surface area contributed by atoms with Crippen LogP contribution in [0.2, 0.25) is 0 Å². The van der Waals surface area contributed by atoms with Crippen LogP contribution in [0.4, 0.5) is 4.79 Å². The van der Waals surface area contributed by atoms with E-state index in [-0.39, 0.29) is 56.6 Å². The number of carboxylic acid groups (broad SMARTS) is 1. The van der Waals surface area contributed by atoms with Gasteiger partial charge in [0.15, 0.2) is 0 Å². The number of aromatic amines is 1. The number of carboxylic acids is 1. The van der Waals surface area contributed by atoms with Crippen LogP contribution < -0.4 is 30.7 Å². The second kappa shape index (κ2) is 21.7. The van der Waals surface area contributed by atoms with Crippen LogP contribution in [0.3, 0.4) is 0 Å². The summed E-state index contributed by atoms with van der Waals surface area (Å²) in [5.74, 6) is -4.49. The number of unbranched alkanes of at least 4 members (excludes halogenated alkanes) is 1. The van der Waals surface area contributed by atoms with E-state index in [1.165, 1.54) is 0 Å². The van der Waals surface area contributed by atoms with Crippen LogP contribution in [0, 0.1) is 11.8 Å². The molecule has 15 nitrogen and oxygen atoms in total. The summed E-state index contributed by atoms with van der Waals surface area (Å²) in [6.07, 6.45) is 1.68. The van der Waals surface area contributed by atoms with Gasteiger partial charge in [-0.3, -0.25) is 9.59 Å². The van der Waals surface area contributed by atoms with Crippen molar-refractivity contribution in [2.24, 2.45) is 11.8 Å². The van der Waals surface area contributed by atoms with Crippen molar-refractivity contribution < 1.29 is 47.2 Å². The van der Waals surface area contributed by atoms with Gasteiger partial charge in [-0.25, -0.2) is 17.9 Å². The normalized spacial score (nSPS) is 14.2. The number of para-hydroxylation sites is 1. The average Bonchev–Trinajstić information content (AvgIpc) is 3.58. The van der Waals surface area contributed by atoms with Crippen molar-refractivity contribution in [3.05, 3.63) is 108 Å². The number of sulfonamides is 1. The zero-order valence-electron chi connectivity index (χ0n) is 32.8. The first kappa shape index (κ1) is 45.7. The molecule has 3 aromatic carbocycles. The summed E-state index contributed by atoms with van der Waals surface area (Å²) >= 11 is 0. The first-order valence-corrected chi connectivity index (χ1v) is 22.8. The quantitative estimate of drug-likeness (QED) is 0.0499. The van der Waals surface area contributed by atoms with Crippen molar-refractivity contribution in [1.82, 2.24) is 25.7 Å². The number of rotatable bonds is 22. The molecule has 1 aromatic heterocycles. The smallest absolute Gasteiger partial charge is 0.407 e. The van der Waals surface area contributed by atoms with E-state index in [2.05, 4.69) is 25.7 Å². The van der Waals surface area contributed by atoms with E-state index < -0.39 is 65.4 Å². The number of nitrogens with one attached hydrogen (secondary N) is 5. The number of carbonyl (C=O) groups excluding carboxylic acids is 4. The maximum Gasteiger partial charge on any atom is 0.407 e. The van der Waals surface area contributed by atoms with Crippen LogP contribution in [-0.4, -0.2) is 78.6 Å². The first-order chi connectivity index (χ1) is 27.5. The van der Waals surface area contributed by atoms with Crippen LogP contribution in [0.25, 0.3) is 10.9 Å². The topological polar surface area (TPSA) is 242 Å². The number of benzene rings is 3. The molecule has 0 bridgehead atoms. The molecule has 4 aromatic rings. The third kappa shape index (κ3) is 15.1. The van der Waals surface area contributed by atoms with Crippen LogP contribution >= 0.6 is 7.34 Å². The van der Waals surface area contributed by atoms with Gasteiger partial charge in [0.2, 0.25) is 21.8 Å². The van der Waals surface area contributed by atoms with Gasteiger partial charge in [0.1, 0.15) is 12.6 Å². The van der Waals surface area contributed by atoms with Gasteiger partial charge in [0.25, 0.3) is 0 Å². The van der Waals surface area contributed by atoms with Gasteiger partial charge in [-0.1, -0.05) is 100 Å². The molecule has 4 rings (SSSR count). The van der Waals surface area contributed by atoms with Gasteiger partial charge in [0, 0.05) is 47.8 Å². The van der Waals surface area contributed by atoms with Gasteiger partial charge in [-0.05, 0) is 60.5 Å². The number of ether oxygens (including phenoxy) is 1. The van der Waals surface area contributed by atoms with E-state index in [0.29, 0.717) is 17.5 Å². The fraction of sp³-hybridized carbons (Fsp3) is 0.390. The Labute approximate surface area is 339 Å². The molecule has 4 atom stereocenters. The minimum Gasteiger partial charge on any atom is -0.808 e. The molecule has 0 aliphatic rings. The summed E-state index contributed by atoms with van der Waals surface area (Å²) in [4.78, 5) is 81.2. The Kier molecular flexibility index (Phi) is 17.1. The maximum absolute atomic E-state index is 14.4. The second-order valence-corrected chi connectivity index (χ2v) is 18.8. The Bertz CT molecular complexity index is 2160. The third-order valence-corrected chi connectivity index (χ3v) is 12.0. The number of fused-ring (bicyclic) bond motifs is 1. The zero-order valence-corrected chi connectivity index (χ0v) is 34.5. The van der Waals surface area contributed by atoms with Gasteiger partial charge in [0.05, 0.1) is 18.3 Å². The molecule has 3 amide bonds. The summed E-state index contributed by atoms with van der Waals surface area (Å²) in [7, 11) is -8.53. The number of H-pyrrole nitrogens is 1. The molecular weight excluding hydrogens is 786 g/mol. The van der Waals surface area contributed by atoms with E-state index in [0.717, 1.165) is 22.7 Å². The monoisotopic (exact) mass is 837 g/mol. The molecule has 1 heterocycles. The fourth-order valence-electron chi connectivity index (χ4n) is 6.46. The molecule has 6 N–H and O–H groups in total. The van der Waals surface area contributed by atoms with E-state index >= 15 is 0 Å². The van der Waals surface area contributed by atoms with Gasteiger partial charge < -0.3 is 45.4 Å². The molecule has 2 unspecified atom stereocenters. The van der Waals surface area contributed by atoms with Crippen molar-refractivity contribution >= 4 is 57.6 Å². The Hall–Kier alpha value is -4.99. The molecular formula is C41H52N5O10PS-2. The number of aromatic nitrogens is 1. The highest BCUT2D eigenvalue weighted by Gasteiger charge is 2.29. The summed E-state index contributed by atoms with van der Waals surface area (Å²) in [6.45, 7) is 3.88. The van der Waals surface area contributed by atoms with Crippen LogP contribution in [0.15, 0.2) is 91.1 Å². The SMILES string of the molecule is CC(C)CC(CP([O-])(O)=C(Cc1ccccc1)NC(=O)[C@H](CCCCNC(=O)OCc1ccccc1)NS(C)(=O)=O)C(=O)N[C@@H](Cc1c[nH]c2ccccc12)C(=O)[O-]. The number of hydrogen-bond acceptors (Lipinski definition) is 10. The highest BCUT2D eigenvalue weighted by atomic mass is 32.2. The molecule has 314 valence electrons. The number of alkyl carbamates (subject to hydrolysis) is 1. The van der Waals surface area contributed by atoms with Crippen molar-refractivity contribution in [2.75, 3.05) is 19.0 Å². The predicted molar refractivity (Wildman–Crippen MR) is 219 cm³/mol. The minimum absolute atomic E-state index is 0.0204. The molecule has 0 saturated carbocycles. The fourth-order valence-corrected chi connectivity index (χ4v) is 9.05. The Morgan fingerprint density at radius 3 is 2.16 bits per heavy atom. The molecule has 17 heteroatoms. The lowest BCUT2D eigenvalue weighted by Gasteiger charge is -2.35. The summed E-state index contributed by atoms with van der Waals surface area (Å²) in [5, 5.41) is 20.7. The highest BCUT2D eigenvalue weighted by molar-refractivity contribution is 7.88. The van der Waals surface area contributed by atoms with E-state index in [1.54, 1.807) is 42.6 Å². The van der Waals surface area contributed by atoms with Crippen molar-refractivity contribution in [1.29, 1.82) is 0 Å². The first-order valence-electron chi connectivity index (χ1n) is 19.0. The number of carbonyl (C=O) groups is 4. The van der Waals surface area contributed by atoms with Crippen molar-refractivity contribution in [3.63, 3.8) is 0 Å². The van der Waals surface area contributed by atoms with Crippen LogP contribution in [-0.2, 0) is 48.6 Å². The Balaban J connectivity index is 1.50. The molecule has 58 heavy (non-hydrogen) atoms. The summed E-state index contributed by atoms with van der Waals surface area (Å²) in [6, 6.07) is 22.1. The average molecular weight is 838 g/mol. The van der Waals surface area contributed by atoms with E-state index in [1.807, 2.05) is 62.4 Å². The predicted octanol–water partition coefficient (Wildman–Crippen LogP) is 2.31. The van der Waals surface area contributed by atoms with Gasteiger partial charge in [-0.15, -0.1) is 0 Å².